The summed E-state index contributed by atoms with van der Waals surface area (Å²) in [6.07, 6.45) is 8.44. The molecule has 3 amide bonds. The van der Waals surface area contributed by atoms with E-state index < -0.39 is 29.6 Å². The van der Waals surface area contributed by atoms with Gasteiger partial charge in [0.05, 0.1) is 24.0 Å². The van der Waals surface area contributed by atoms with E-state index in [1.54, 1.807) is 4.90 Å². The first-order valence-corrected chi connectivity index (χ1v) is 14.8. The number of anilines is 1. The highest BCUT2D eigenvalue weighted by Gasteiger charge is 2.73. The molecule has 2 aromatic rings. The van der Waals surface area contributed by atoms with E-state index in [2.05, 4.69) is 24.5 Å². The minimum Gasteiger partial charge on any atom is -0.359 e. The van der Waals surface area contributed by atoms with Crippen molar-refractivity contribution in [3.05, 3.63) is 77.9 Å². The molecular formula is C33H39N3O4. The van der Waals surface area contributed by atoms with Crippen LogP contribution in [0.4, 0.5) is 5.69 Å². The Bertz CT molecular complexity index is 1300. The number of amides is 3. The van der Waals surface area contributed by atoms with Crippen LogP contribution in [0.3, 0.4) is 0 Å². The van der Waals surface area contributed by atoms with Crippen LogP contribution in [-0.2, 0) is 19.1 Å². The highest BCUT2D eigenvalue weighted by atomic mass is 16.5. The van der Waals surface area contributed by atoms with Gasteiger partial charge in [-0.2, -0.15) is 0 Å². The van der Waals surface area contributed by atoms with Gasteiger partial charge in [-0.25, -0.2) is 0 Å². The molecule has 6 atom stereocenters. The van der Waals surface area contributed by atoms with Crippen LogP contribution >= 0.6 is 0 Å². The SMILES string of the molecule is CC(C)c1ccc(NC(=O)C2[C@H]3C=CC4(O3)C(C(=O)NC3CCCCC3)N(C(C)c3ccccc3)C(=O)[C@@H]24)cc1. The van der Waals surface area contributed by atoms with E-state index in [9.17, 15) is 14.4 Å². The average Bonchev–Trinajstić information content (AvgIpc) is 3.61. The third-order valence-electron chi connectivity index (χ3n) is 9.36. The van der Waals surface area contributed by atoms with E-state index in [0.29, 0.717) is 11.6 Å². The van der Waals surface area contributed by atoms with Crippen molar-refractivity contribution in [2.75, 3.05) is 5.32 Å². The Morgan fingerprint density at radius 2 is 1.62 bits per heavy atom. The second-order valence-electron chi connectivity index (χ2n) is 12.1. The number of hydrogen-bond acceptors (Lipinski definition) is 4. The largest absolute Gasteiger partial charge is 0.359 e. The van der Waals surface area contributed by atoms with Crippen molar-refractivity contribution in [1.82, 2.24) is 10.2 Å². The minimum atomic E-state index is -1.17. The zero-order chi connectivity index (χ0) is 28.0. The fraction of sp³-hybridized carbons (Fsp3) is 0.485. The van der Waals surface area contributed by atoms with Crippen LogP contribution in [0.1, 0.15) is 76.0 Å². The molecule has 0 radical (unpaired) electrons. The van der Waals surface area contributed by atoms with Gasteiger partial charge in [0.1, 0.15) is 11.6 Å². The molecule has 2 aromatic carbocycles. The van der Waals surface area contributed by atoms with Crippen molar-refractivity contribution >= 4 is 23.4 Å². The minimum absolute atomic E-state index is 0.0937. The highest BCUT2D eigenvalue weighted by Crippen LogP contribution is 2.56. The van der Waals surface area contributed by atoms with E-state index in [-0.39, 0.29) is 29.8 Å². The summed E-state index contributed by atoms with van der Waals surface area (Å²) in [6.45, 7) is 6.20. The van der Waals surface area contributed by atoms with Crippen LogP contribution in [0, 0.1) is 11.8 Å². The van der Waals surface area contributed by atoms with Gasteiger partial charge < -0.3 is 20.3 Å². The van der Waals surface area contributed by atoms with E-state index in [4.69, 9.17) is 4.74 Å². The molecular weight excluding hydrogens is 502 g/mol. The van der Waals surface area contributed by atoms with Gasteiger partial charge in [-0.05, 0) is 48.9 Å². The molecule has 1 spiro atoms. The molecule has 6 rings (SSSR count). The number of fused-ring (bicyclic) bond motifs is 1. The van der Waals surface area contributed by atoms with Crippen molar-refractivity contribution in [2.24, 2.45) is 11.8 Å². The lowest BCUT2D eigenvalue weighted by Gasteiger charge is -2.37. The van der Waals surface area contributed by atoms with Gasteiger partial charge in [0.15, 0.2) is 0 Å². The summed E-state index contributed by atoms with van der Waals surface area (Å²) in [5.41, 5.74) is 1.63. The van der Waals surface area contributed by atoms with E-state index >= 15 is 0 Å². The lowest BCUT2D eigenvalue weighted by molar-refractivity contribution is -0.143. The number of carbonyl (C=O) groups excluding carboxylic acids is 3. The first-order valence-electron chi connectivity index (χ1n) is 14.8. The van der Waals surface area contributed by atoms with Gasteiger partial charge in [-0.15, -0.1) is 0 Å². The second-order valence-corrected chi connectivity index (χ2v) is 12.1. The monoisotopic (exact) mass is 541 g/mol. The van der Waals surface area contributed by atoms with Crippen molar-refractivity contribution in [3.63, 3.8) is 0 Å². The number of ether oxygens (including phenoxy) is 1. The van der Waals surface area contributed by atoms with E-state index in [1.807, 2.05) is 73.7 Å². The molecule has 3 fully saturated rings. The molecule has 4 unspecified atom stereocenters. The Morgan fingerprint density at radius 1 is 0.925 bits per heavy atom. The Hall–Kier alpha value is -3.45. The fourth-order valence-corrected chi connectivity index (χ4v) is 7.22. The Morgan fingerprint density at radius 3 is 2.30 bits per heavy atom. The van der Waals surface area contributed by atoms with Gasteiger partial charge in [0, 0.05) is 11.7 Å². The number of rotatable bonds is 7. The van der Waals surface area contributed by atoms with Crippen LogP contribution in [0.15, 0.2) is 66.7 Å². The molecule has 7 heteroatoms. The van der Waals surface area contributed by atoms with Gasteiger partial charge in [0.25, 0.3) is 0 Å². The van der Waals surface area contributed by atoms with E-state index in [1.165, 1.54) is 12.0 Å². The summed E-state index contributed by atoms with van der Waals surface area (Å²) in [7, 11) is 0. The van der Waals surface area contributed by atoms with Crippen molar-refractivity contribution in [1.29, 1.82) is 0 Å². The summed E-state index contributed by atoms with van der Waals surface area (Å²) in [4.78, 5) is 43.8. The molecule has 4 aliphatic rings. The molecule has 3 aliphatic heterocycles. The lowest BCUT2D eigenvalue weighted by Crippen LogP contribution is -2.56. The zero-order valence-corrected chi connectivity index (χ0v) is 23.5. The van der Waals surface area contributed by atoms with Crippen LogP contribution in [-0.4, -0.2) is 46.4 Å². The quantitative estimate of drug-likeness (QED) is 0.477. The summed E-state index contributed by atoms with van der Waals surface area (Å²) in [6, 6.07) is 16.4. The van der Waals surface area contributed by atoms with Crippen molar-refractivity contribution in [3.8, 4) is 0 Å². The molecule has 1 aliphatic carbocycles. The predicted octanol–water partition coefficient (Wildman–Crippen LogP) is 5.11. The summed E-state index contributed by atoms with van der Waals surface area (Å²) >= 11 is 0. The molecule has 2 N–H and O–H groups in total. The lowest BCUT2D eigenvalue weighted by atomic mass is 9.74. The van der Waals surface area contributed by atoms with Gasteiger partial charge in [-0.1, -0.05) is 87.7 Å². The Kier molecular flexibility index (Phi) is 7.03. The van der Waals surface area contributed by atoms with Crippen LogP contribution in [0.25, 0.3) is 0 Å². The molecule has 3 heterocycles. The number of nitrogens with zero attached hydrogens (tertiary/aromatic N) is 1. The van der Waals surface area contributed by atoms with Crippen LogP contribution in [0.5, 0.6) is 0 Å². The Labute approximate surface area is 236 Å². The maximum atomic E-state index is 14.3. The summed E-state index contributed by atoms with van der Waals surface area (Å²) in [5, 5.41) is 6.28. The molecule has 40 heavy (non-hydrogen) atoms. The summed E-state index contributed by atoms with van der Waals surface area (Å²) < 4.78 is 6.52. The number of benzene rings is 2. The zero-order valence-electron chi connectivity index (χ0n) is 23.5. The molecule has 7 nitrogen and oxygen atoms in total. The molecule has 2 bridgehead atoms. The first-order chi connectivity index (χ1) is 19.3. The Balaban J connectivity index is 1.32. The number of likely N-dealkylation sites (tertiary alicyclic amines) is 1. The number of hydrogen-bond donors (Lipinski definition) is 2. The van der Waals surface area contributed by atoms with Crippen LogP contribution < -0.4 is 10.6 Å². The molecule has 1 saturated carbocycles. The van der Waals surface area contributed by atoms with Crippen molar-refractivity contribution in [2.45, 2.75) is 88.6 Å². The van der Waals surface area contributed by atoms with Crippen molar-refractivity contribution < 1.29 is 19.1 Å². The highest BCUT2D eigenvalue weighted by molar-refractivity contribution is 6.03. The first kappa shape index (κ1) is 26.8. The molecule has 2 saturated heterocycles. The maximum absolute atomic E-state index is 14.3. The fourth-order valence-electron chi connectivity index (χ4n) is 7.22. The standard InChI is InChI=1S/C33H39N3O4/c1-20(2)22-14-16-25(17-15-22)34-30(37)27-26-18-19-33(40-26)28(27)32(39)36(21(3)23-10-6-4-7-11-23)29(33)31(38)35-24-12-8-5-9-13-24/h4,6-7,10-11,14-21,24,26-29H,5,8-9,12-13H2,1-3H3,(H,34,37)(H,35,38)/t21?,26-,27?,28-,29?,33?/m1/s1. The van der Waals surface area contributed by atoms with Crippen LogP contribution in [0.2, 0.25) is 0 Å². The topological polar surface area (TPSA) is 87.7 Å². The van der Waals surface area contributed by atoms with Gasteiger partial charge >= 0.3 is 0 Å². The van der Waals surface area contributed by atoms with E-state index in [0.717, 1.165) is 31.2 Å². The number of nitrogens with one attached hydrogen (secondary N) is 2. The average molecular weight is 542 g/mol. The molecule has 210 valence electrons. The smallest absolute Gasteiger partial charge is 0.246 e. The normalized spacial score (nSPS) is 30.0. The van der Waals surface area contributed by atoms with Gasteiger partial charge in [0.2, 0.25) is 17.7 Å². The number of carbonyl (C=O) groups is 3. The molecule has 0 aromatic heterocycles. The third kappa shape index (κ3) is 4.44. The second kappa shape index (κ2) is 10.5. The maximum Gasteiger partial charge on any atom is 0.246 e. The summed E-state index contributed by atoms with van der Waals surface area (Å²) in [5.74, 6) is -1.76. The third-order valence-corrected chi connectivity index (χ3v) is 9.36. The predicted molar refractivity (Wildman–Crippen MR) is 153 cm³/mol. The van der Waals surface area contributed by atoms with Gasteiger partial charge in [-0.3, -0.25) is 14.4 Å².